The number of hydrogen-bond donors (Lipinski definition) is 2. The minimum Gasteiger partial charge on any atom is -0.493 e. The number of amides is 1. The summed E-state index contributed by atoms with van der Waals surface area (Å²) in [5.41, 5.74) is 1.40. The van der Waals surface area contributed by atoms with Gasteiger partial charge < -0.3 is 15.4 Å². The van der Waals surface area contributed by atoms with Crippen molar-refractivity contribution in [2.45, 2.75) is 46.1 Å². The first kappa shape index (κ1) is 19.8. The molecule has 2 rings (SSSR count). The quantitative estimate of drug-likeness (QED) is 0.836. The highest BCUT2D eigenvalue weighted by molar-refractivity contribution is 5.85. The molecule has 1 saturated heterocycles. The van der Waals surface area contributed by atoms with Gasteiger partial charge in [0.25, 0.3) is 0 Å². The van der Waals surface area contributed by atoms with Crippen molar-refractivity contribution < 1.29 is 9.53 Å². The molecule has 5 heteroatoms. The van der Waals surface area contributed by atoms with Crippen LogP contribution in [0.15, 0.2) is 24.3 Å². The summed E-state index contributed by atoms with van der Waals surface area (Å²) in [5, 5.41) is 6.53. The highest BCUT2D eigenvalue weighted by atomic mass is 35.5. The van der Waals surface area contributed by atoms with Gasteiger partial charge in [-0.25, -0.2) is 0 Å². The van der Waals surface area contributed by atoms with Crippen molar-refractivity contribution in [2.24, 2.45) is 5.41 Å². The molecule has 130 valence electrons. The molecule has 1 aliphatic heterocycles. The number of nitrogens with one attached hydrogen (secondary N) is 2. The second-order valence-electron chi connectivity index (χ2n) is 6.82. The van der Waals surface area contributed by atoms with E-state index >= 15 is 0 Å². The Bertz CT molecular complexity index is 506. The summed E-state index contributed by atoms with van der Waals surface area (Å²) in [4.78, 5) is 11.9. The number of piperidine rings is 1. The van der Waals surface area contributed by atoms with E-state index < -0.39 is 0 Å². The van der Waals surface area contributed by atoms with Crippen LogP contribution in [0.2, 0.25) is 0 Å². The summed E-state index contributed by atoms with van der Waals surface area (Å²) in [7, 11) is 0. The molecule has 1 heterocycles. The number of halogens is 1. The molecule has 0 spiro atoms. The molecule has 23 heavy (non-hydrogen) atoms. The van der Waals surface area contributed by atoms with E-state index in [-0.39, 0.29) is 23.7 Å². The van der Waals surface area contributed by atoms with Crippen LogP contribution in [0.4, 0.5) is 0 Å². The molecule has 0 aliphatic carbocycles. The Hall–Kier alpha value is -1.26. The zero-order chi connectivity index (χ0) is 16.0. The maximum absolute atomic E-state index is 11.9. The summed E-state index contributed by atoms with van der Waals surface area (Å²) in [6, 6.07) is 8.23. The van der Waals surface area contributed by atoms with Gasteiger partial charge in [0.05, 0.1) is 13.0 Å². The Kier molecular flexibility index (Phi) is 7.86. The SMILES string of the molecule is Cc1cccc(OCCC(=O)NCC2NCCCC2(C)C)c1.Cl. The number of carbonyl (C=O) groups excluding carboxylic acids is 1. The largest absolute Gasteiger partial charge is 0.493 e. The smallest absolute Gasteiger partial charge is 0.223 e. The van der Waals surface area contributed by atoms with Gasteiger partial charge in [-0.1, -0.05) is 26.0 Å². The highest BCUT2D eigenvalue weighted by Crippen LogP contribution is 2.29. The summed E-state index contributed by atoms with van der Waals surface area (Å²) in [6.07, 6.45) is 2.81. The predicted octanol–water partition coefficient (Wildman–Crippen LogP) is 3.08. The molecular weight excluding hydrogens is 312 g/mol. The van der Waals surface area contributed by atoms with Crippen LogP contribution in [0.3, 0.4) is 0 Å². The van der Waals surface area contributed by atoms with Gasteiger partial charge in [-0.3, -0.25) is 4.79 Å². The number of carbonyl (C=O) groups is 1. The molecule has 2 N–H and O–H groups in total. The topological polar surface area (TPSA) is 50.4 Å². The van der Waals surface area contributed by atoms with Gasteiger partial charge in [0.1, 0.15) is 5.75 Å². The Labute approximate surface area is 145 Å². The lowest BCUT2D eigenvalue weighted by atomic mass is 9.77. The average molecular weight is 341 g/mol. The lowest BCUT2D eigenvalue weighted by molar-refractivity contribution is -0.121. The zero-order valence-electron chi connectivity index (χ0n) is 14.4. The van der Waals surface area contributed by atoms with Crippen LogP contribution in [0.25, 0.3) is 0 Å². The van der Waals surface area contributed by atoms with Crippen molar-refractivity contribution in [3.8, 4) is 5.75 Å². The fourth-order valence-corrected chi connectivity index (χ4v) is 2.89. The van der Waals surface area contributed by atoms with E-state index in [1.54, 1.807) is 0 Å². The van der Waals surface area contributed by atoms with Gasteiger partial charge >= 0.3 is 0 Å². The Balaban J connectivity index is 0.00000264. The monoisotopic (exact) mass is 340 g/mol. The van der Waals surface area contributed by atoms with Gasteiger partial charge in [0, 0.05) is 12.6 Å². The van der Waals surface area contributed by atoms with Crippen LogP contribution < -0.4 is 15.4 Å². The Morgan fingerprint density at radius 3 is 2.91 bits per heavy atom. The van der Waals surface area contributed by atoms with Gasteiger partial charge in [0.15, 0.2) is 0 Å². The molecule has 0 aromatic heterocycles. The molecule has 1 fully saturated rings. The second kappa shape index (κ2) is 9.14. The lowest BCUT2D eigenvalue weighted by Crippen LogP contribution is -2.52. The summed E-state index contributed by atoms with van der Waals surface area (Å²) >= 11 is 0. The molecule has 1 aromatic rings. The third kappa shape index (κ3) is 6.40. The van der Waals surface area contributed by atoms with Crippen LogP contribution in [0.1, 0.15) is 38.7 Å². The zero-order valence-corrected chi connectivity index (χ0v) is 15.2. The van der Waals surface area contributed by atoms with E-state index in [2.05, 4.69) is 24.5 Å². The first-order valence-electron chi connectivity index (χ1n) is 8.17. The van der Waals surface area contributed by atoms with E-state index in [1.165, 1.54) is 12.8 Å². The number of hydrogen-bond acceptors (Lipinski definition) is 3. The second-order valence-corrected chi connectivity index (χ2v) is 6.82. The standard InChI is InChI=1S/C18H28N2O2.ClH/c1-14-6-4-7-15(12-14)22-11-8-17(21)20-13-16-18(2,3)9-5-10-19-16;/h4,6-7,12,16,19H,5,8-11,13H2,1-3H3,(H,20,21);1H. The van der Waals surface area contributed by atoms with Gasteiger partial charge in [-0.2, -0.15) is 0 Å². The normalized spacial score (nSPS) is 19.5. The van der Waals surface area contributed by atoms with Gasteiger partial charge in [0.2, 0.25) is 5.91 Å². The van der Waals surface area contributed by atoms with Crippen LogP contribution in [0.5, 0.6) is 5.75 Å². The minimum absolute atomic E-state index is 0. The highest BCUT2D eigenvalue weighted by Gasteiger charge is 2.31. The van der Waals surface area contributed by atoms with E-state index in [9.17, 15) is 4.79 Å². The summed E-state index contributed by atoms with van der Waals surface area (Å²) < 4.78 is 5.61. The molecule has 1 unspecified atom stereocenters. The third-order valence-corrected chi connectivity index (χ3v) is 4.42. The predicted molar refractivity (Wildman–Crippen MR) is 96.4 cm³/mol. The number of ether oxygens (including phenoxy) is 1. The number of benzene rings is 1. The summed E-state index contributed by atoms with van der Waals surface area (Å²) in [6.45, 7) is 8.69. The van der Waals surface area contributed by atoms with E-state index in [0.717, 1.165) is 17.9 Å². The molecule has 1 aliphatic rings. The third-order valence-electron chi connectivity index (χ3n) is 4.42. The maximum Gasteiger partial charge on any atom is 0.223 e. The van der Waals surface area contributed by atoms with E-state index in [0.29, 0.717) is 25.6 Å². The minimum atomic E-state index is 0. The first-order valence-corrected chi connectivity index (χ1v) is 8.17. The summed E-state index contributed by atoms with van der Waals surface area (Å²) in [5.74, 6) is 0.874. The molecular formula is C18H29ClN2O2. The van der Waals surface area contributed by atoms with E-state index in [1.807, 2.05) is 31.2 Å². The van der Waals surface area contributed by atoms with Gasteiger partial charge in [-0.15, -0.1) is 12.4 Å². The van der Waals surface area contributed by atoms with Crippen molar-refractivity contribution >= 4 is 18.3 Å². The molecule has 1 atom stereocenters. The molecule has 0 radical (unpaired) electrons. The fraction of sp³-hybridized carbons (Fsp3) is 0.611. The van der Waals surface area contributed by atoms with Crippen molar-refractivity contribution in [3.63, 3.8) is 0 Å². The lowest BCUT2D eigenvalue weighted by Gasteiger charge is -2.39. The van der Waals surface area contributed by atoms with E-state index in [4.69, 9.17) is 4.74 Å². The average Bonchev–Trinajstić information content (AvgIpc) is 2.46. The van der Waals surface area contributed by atoms with Crippen LogP contribution in [0, 0.1) is 12.3 Å². The molecule has 0 bridgehead atoms. The van der Waals surface area contributed by atoms with Gasteiger partial charge in [-0.05, 0) is 49.4 Å². The van der Waals surface area contributed by atoms with Crippen molar-refractivity contribution in [1.29, 1.82) is 0 Å². The fourth-order valence-electron chi connectivity index (χ4n) is 2.89. The Morgan fingerprint density at radius 1 is 1.43 bits per heavy atom. The van der Waals surface area contributed by atoms with Crippen LogP contribution in [-0.2, 0) is 4.79 Å². The van der Waals surface area contributed by atoms with Crippen molar-refractivity contribution in [3.05, 3.63) is 29.8 Å². The Morgan fingerprint density at radius 2 is 2.22 bits per heavy atom. The first-order chi connectivity index (χ1) is 10.5. The van der Waals surface area contributed by atoms with Crippen LogP contribution >= 0.6 is 12.4 Å². The van der Waals surface area contributed by atoms with Crippen LogP contribution in [-0.4, -0.2) is 31.6 Å². The van der Waals surface area contributed by atoms with Crippen molar-refractivity contribution in [1.82, 2.24) is 10.6 Å². The molecule has 4 nitrogen and oxygen atoms in total. The number of rotatable bonds is 6. The number of aryl methyl sites for hydroxylation is 1. The van der Waals surface area contributed by atoms with Crippen molar-refractivity contribution in [2.75, 3.05) is 19.7 Å². The molecule has 0 saturated carbocycles. The molecule has 1 aromatic carbocycles. The molecule has 1 amide bonds. The maximum atomic E-state index is 11.9.